The predicted molar refractivity (Wildman–Crippen MR) is 85.7 cm³/mol. The Morgan fingerprint density at radius 2 is 2.04 bits per heavy atom. The fourth-order valence-corrected chi connectivity index (χ4v) is 3.17. The fourth-order valence-electron chi connectivity index (χ4n) is 3.17. The smallest absolute Gasteiger partial charge is 0.145 e. The molecule has 0 fully saturated rings. The van der Waals surface area contributed by atoms with E-state index in [2.05, 4.69) is 10.3 Å². The Kier molecular flexibility index (Phi) is 3.46. The van der Waals surface area contributed by atoms with Gasteiger partial charge in [0.1, 0.15) is 46.5 Å². The van der Waals surface area contributed by atoms with Gasteiger partial charge in [-0.15, -0.1) is 0 Å². The number of hydrogen-bond donors (Lipinski definition) is 2. The van der Waals surface area contributed by atoms with Crippen molar-refractivity contribution in [1.82, 2.24) is 15.3 Å². The minimum absolute atomic E-state index is 0.258. The molecule has 2 aromatic rings. The van der Waals surface area contributed by atoms with Gasteiger partial charge in [0.25, 0.3) is 0 Å². The van der Waals surface area contributed by atoms with E-state index in [9.17, 15) is 10.3 Å². The van der Waals surface area contributed by atoms with Crippen molar-refractivity contribution in [3.8, 4) is 5.75 Å². The van der Waals surface area contributed by atoms with Crippen molar-refractivity contribution in [1.29, 1.82) is 0 Å². The van der Waals surface area contributed by atoms with Crippen LogP contribution in [0, 0.1) is 5.21 Å². The number of nitrogens with one attached hydrogen (secondary N) is 1. The second-order valence-electron chi connectivity index (χ2n) is 6.55. The van der Waals surface area contributed by atoms with Gasteiger partial charge in [0.2, 0.25) is 0 Å². The summed E-state index contributed by atoms with van der Waals surface area (Å²) in [5, 5.41) is 32.2. The standard InChI is InChI=1S/C16H18N4O5/c1-16(2)15(21)14(19-8-9(23-3)4-5-20(19)22)10-6-11-12(18-25-17-11)7-13(10)24-16/h4-8,14-15,20-21H,1-3H3. The first-order valence-corrected chi connectivity index (χ1v) is 7.80. The van der Waals surface area contributed by atoms with Crippen LogP contribution in [0.15, 0.2) is 41.0 Å². The fraction of sp³-hybridized carbons (Fsp3) is 0.375. The van der Waals surface area contributed by atoms with Gasteiger partial charge in [-0.1, -0.05) is 0 Å². The van der Waals surface area contributed by atoms with Crippen LogP contribution in [-0.4, -0.2) is 39.2 Å². The summed E-state index contributed by atoms with van der Waals surface area (Å²) in [5.41, 5.74) is 0.786. The molecular formula is C16H18N4O5. The average Bonchev–Trinajstić information content (AvgIpc) is 3.02. The molecule has 132 valence electrons. The highest BCUT2D eigenvalue weighted by atomic mass is 16.6. The average molecular weight is 346 g/mol. The lowest BCUT2D eigenvalue weighted by atomic mass is 9.86. The first-order chi connectivity index (χ1) is 11.9. The number of rotatable bonds is 2. The molecule has 0 radical (unpaired) electrons. The van der Waals surface area contributed by atoms with Crippen LogP contribution in [0.25, 0.3) is 11.0 Å². The van der Waals surface area contributed by atoms with E-state index in [0.29, 0.717) is 28.1 Å². The molecule has 2 aliphatic heterocycles. The van der Waals surface area contributed by atoms with Crippen LogP contribution in [0.4, 0.5) is 0 Å². The number of hydroxylamine groups is 1. The third-order valence-corrected chi connectivity index (χ3v) is 4.53. The molecule has 1 aromatic carbocycles. The maximum atomic E-state index is 12.5. The SMILES string of the molecule is COC1=CN(C2c3cc4nonc4cc3OC(C)(C)C2O)[NH+]([O-])C=C1. The summed E-state index contributed by atoms with van der Waals surface area (Å²) in [6, 6.07) is 2.76. The van der Waals surface area contributed by atoms with E-state index in [-0.39, 0.29) is 5.17 Å². The third-order valence-electron chi connectivity index (χ3n) is 4.53. The Morgan fingerprint density at radius 1 is 1.32 bits per heavy atom. The summed E-state index contributed by atoms with van der Waals surface area (Å²) < 4.78 is 15.9. The zero-order valence-corrected chi connectivity index (χ0v) is 14.0. The van der Waals surface area contributed by atoms with Crippen LogP contribution in [0.1, 0.15) is 25.5 Å². The van der Waals surface area contributed by atoms with Gasteiger partial charge >= 0.3 is 0 Å². The van der Waals surface area contributed by atoms with Crippen molar-refractivity contribution >= 4 is 11.0 Å². The van der Waals surface area contributed by atoms with E-state index in [1.165, 1.54) is 18.3 Å². The monoisotopic (exact) mass is 346 g/mol. The van der Waals surface area contributed by atoms with E-state index >= 15 is 0 Å². The van der Waals surface area contributed by atoms with Gasteiger partial charge in [0, 0.05) is 17.7 Å². The third kappa shape index (κ3) is 2.44. The molecule has 0 saturated carbocycles. The largest absolute Gasteiger partial charge is 0.603 e. The lowest BCUT2D eigenvalue weighted by Gasteiger charge is -2.47. The maximum Gasteiger partial charge on any atom is 0.145 e. The van der Waals surface area contributed by atoms with E-state index in [0.717, 1.165) is 0 Å². The predicted octanol–water partition coefficient (Wildman–Crippen LogP) is 0.411. The molecule has 2 N–H and O–H groups in total. The molecule has 9 nitrogen and oxygen atoms in total. The van der Waals surface area contributed by atoms with Crippen LogP contribution in [0.5, 0.6) is 5.75 Å². The lowest BCUT2D eigenvalue weighted by Crippen LogP contribution is -3.09. The van der Waals surface area contributed by atoms with Crippen LogP contribution in [-0.2, 0) is 4.74 Å². The van der Waals surface area contributed by atoms with E-state index in [1.54, 1.807) is 38.3 Å². The molecule has 3 heterocycles. The summed E-state index contributed by atoms with van der Waals surface area (Å²) in [7, 11) is 1.52. The Labute approximate surface area is 143 Å². The minimum atomic E-state index is -0.970. The number of aromatic nitrogens is 2. The number of ether oxygens (including phenoxy) is 2. The van der Waals surface area contributed by atoms with Gasteiger partial charge in [0.05, 0.1) is 13.3 Å². The summed E-state index contributed by atoms with van der Waals surface area (Å²) in [5.74, 6) is 1.04. The summed E-state index contributed by atoms with van der Waals surface area (Å²) in [6.07, 6.45) is 3.60. The van der Waals surface area contributed by atoms with Gasteiger partial charge in [-0.05, 0) is 30.2 Å². The number of aliphatic hydroxyl groups excluding tert-OH is 1. The zero-order valence-electron chi connectivity index (χ0n) is 14.0. The number of benzene rings is 1. The number of fused-ring (bicyclic) bond motifs is 2. The van der Waals surface area contributed by atoms with Crippen molar-refractivity contribution in [2.24, 2.45) is 0 Å². The number of allylic oxidation sites excluding steroid dienone is 1. The number of nitrogens with zero attached hydrogens (tertiary/aromatic N) is 3. The molecule has 0 amide bonds. The quantitative estimate of drug-likeness (QED) is 0.753. The normalized spacial score (nSPS) is 27.6. The summed E-state index contributed by atoms with van der Waals surface area (Å²) in [4.78, 5) is 0. The Morgan fingerprint density at radius 3 is 2.76 bits per heavy atom. The second-order valence-corrected chi connectivity index (χ2v) is 6.55. The molecule has 0 spiro atoms. The molecule has 3 atom stereocenters. The molecule has 25 heavy (non-hydrogen) atoms. The molecular weight excluding hydrogens is 328 g/mol. The molecule has 4 rings (SSSR count). The van der Waals surface area contributed by atoms with Crippen LogP contribution in [0.3, 0.4) is 0 Å². The summed E-state index contributed by atoms with van der Waals surface area (Å²) >= 11 is 0. The number of quaternary nitrogens is 1. The number of hydrogen-bond acceptors (Lipinski definition) is 8. The number of aliphatic hydroxyl groups is 1. The molecule has 3 unspecified atom stereocenters. The van der Waals surface area contributed by atoms with Gasteiger partial charge in [0.15, 0.2) is 0 Å². The Hall–Kier alpha value is -2.62. The highest BCUT2D eigenvalue weighted by Crippen LogP contribution is 2.43. The first-order valence-electron chi connectivity index (χ1n) is 7.80. The first kappa shape index (κ1) is 15.9. The van der Waals surface area contributed by atoms with Crippen molar-refractivity contribution < 1.29 is 24.4 Å². The molecule has 0 bridgehead atoms. The van der Waals surface area contributed by atoms with Crippen molar-refractivity contribution in [2.45, 2.75) is 31.6 Å². The molecule has 1 aromatic heterocycles. The van der Waals surface area contributed by atoms with Crippen LogP contribution < -0.4 is 9.91 Å². The van der Waals surface area contributed by atoms with Crippen LogP contribution in [0.2, 0.25) is 0 Å². The highest BCUT2D eigenvalue weighted by molar-refractivity contribution is 5.77. The minimum Gasteiger partial charge on any atom is -0.603 e. The maximum absolute atomic E-state index is 12.5. The van der Waals surface area contributed by atoms with Gasteiger partial charge < -0.3 is 19.8 Å². The van der Waals surface area contributed by atoms with E-state index in [1.807, 2.05) is 0 Å². The van der Waals surface area contributed by atoms with E-state index in [4.69, 9.17) is 14.1 Å². The molecule has 9 heteroatoms. The molecule has 0 saturated heterocycles. The van der Waals surface area contributed by atoms with Gasteiger partial charge in [-0.25, -0.2) is 14.8 Å². The summed E-state index contributed by atoms with van der Waals surface area (Å²) in [6.45, 7) is 3.54. The molecule has 0 aliphatic carbocycles. The van der Waals surface area contributed by atoms with Crippen molar-refractivity contribution in [3.05, 3.63) is 47.1 Å². The molecule has 2 aliphatic rings. The highest BCUT2D eigenvalue weighted by Gasteiger charge is 2.47. The van der Waals surface area contributed by atoms with Gasteiger partial charge in [-0.3, -0.25) is 0 Å². The van der Waals surface area contributed by atoms with Crippen LogP contribution >= 0.6 is 0 Å². The van der Waals surface area contributed by atoms with Crippen molar-refractivity contribution in [3.63, 3.8) is 0 Å². The Balaban J connectivity index is 1.88. The Bertz CT molecular complexity index is 875. The van der Waals surface area contributed by atoms with Crippen molar-refractivity contribution in [2.75, 3.05) is 7.11 Å². The lowest BCUT2D eigenvalue weighted by molar-refractivity contribution is -0.923. The topological polar surface area (TPSA) is 108 Å². The van der Waals surface area contributed by atoms with E-state index < -0.39 is 17.7 Å². The van der Waals surface area contributed by atoms with Gasteiger partial charge in [-0.2, -0.15) is 0 Å². The number of methoxy groups -OCH3 is 1. The second kappa shape index (κ2) is 5.45. The zero-order chi connectivity index (χ0) is 17.8.